The maximum atomic E-state index is 14.2. The standard InChI is InChI=1S/C26H29FN4O4/c1-2-30-9-5-6-19(30)16-31(26(33)29-21-8-4-3-7-20(21)27)15-18-12-17-13-23-24(35-11-10-34-23)14-22(17)28-25(18)32/h3-4,7-8,12-14,19H,2,5-6,9-11,15-16H2,1H3,(H,28,32)(H,29,33). The molecule has 0 bridgehead atoms. The van der Waals surface area contributed by atoms with E-state index in [2.05, 4.69) is 22.1 Å². The lowest BCUT2D eigenvalue weighted by molar-refractivity contribution is 0.172. The topological polar surface area (TPSA) is 86.9 Å². The van der Waals surface area contributed by atoms with Gasteiger partial charge in [-0.15, -0.1) is 0 Å². The Balaban J connectivity index is 1.45. The lowest BCUT2D eigenvalue weighted by Gasteiger charge is -2.30. The first-order chi connectivity index (χ1) is 17.0. The van der Waals surface area contributed by atoms with Crippen molar-refractivity contribution < 1.29 is 18.7 Å². The zero-order valence-corrected chi connectivity index (χ0v) is 19.7. The number of aromatic nitrogens is 1. The van der Waals surface area contributed by atoms with Gasteiger partial charge in [0.15, 0.2) is 11.5 Å². The Morgan fingerprint density at radius 3 is 2.74 bits per heavy atom. The third-order valence-corrected chi connectivity index (χ3v) is 6.68. The van der Waals surface area contributed by atoms with Crippen LogP contribution in [0.3, 0.4) is 0 Å². The van der Waals surface area contributed by atoms with Crippen LogP contribution in [-0.4, -0.2) is 59.7 Å². The zero-order valence-electron chi connectivity index (χ0n) is 19.7. The van der Waals surface area contributed by atoms with Crippen LogP contribution in [0.15, 0.2) is 47.3 Å². The van der Waals surface area contributed by atoms with Crippen molar-refractivity contribution in [3.8, 4) is 11.5 Å². The molecule has 1 aromatic heterocycles. The number of benzene rings is 2. The molecule has 3 heterocycles. The van der Waals surface area contributed by atoms with Gasteiger partial charge in [-0.2, -0.15) is 0 Å². The van der Waals surface area contributed by atoms with Crippen molar-refractivity contribution >= 4 is 22.6 Å². The van der Waals surface area contributed by atoms with Crippen molar-refractivity contribution in [2.75, 3.05) is 38.2 Å². The number of carbonyl (C=O) groups is 1. The molecule has 0 saturated carbocycles. The van der Waals surface area contributed by atoms with Gasteiger partial charge in [0, 0.05) is 29.6 Å². The fraction of sp³-hybridized carbons (Fsp3) is 0.385. The van der Waals surface area contributed by atoms with E-state index in [0.29, 0.717) is 42.3 Å². The number of rotatable bonds is 6. The van der Waals surface area contributed by atoms with Crippen LogP contribution in [0.1, 0.15) is 25.3 Å². The highest BCUT2D eigenvalue weighted by molar-refractivity contribution is 5.89. The third kappa shape index (κ3) is 4.95. The van der Waals surface area contributed by atoms with E-state index in [-0.39, 0.29) is 23.8 Å². The van der Waals surface area contributed by atoms with Gasteiger partial charge in [-0.3, -0.25) is 9.69 Å². The summed E-state index contributed by atoms with van der Waals surface area (Å²) in [6.45, 7) is 5.42. The molecule has 0 radical (unpaired) electrons. The number of halogens is 1. The highest BCUT2D eigenvalue weighted by Crippen LogP contribution is 2.33. The number of fused-ring (bicyclic) bond motifs is 2. The number of nitrogens with one attached hydrogen (secondary N) is 2. The summed E-state index contributed by atoms with van der Waals surface area (Å²) in [5.74, 6) is 0.715. The van der Waals surface area contributed by atoms with Crippen LogP contribution in [-0.2, 0) is 6.54 Å². The predicted molar refractivity (Wildman–Crippen MR) is 132 cm³/mol. The summed E-state index contributed by atoms with van der Waals surface area (Å²) in [5.41, 5.74) is 0.909. The Labute approximate surface area is 202 Å². The number of pyridine rings is 1. The number of urea groups is 1. The SMILES string of the molecule is CCN1CCCC1CN(Cc1cc2cc3c(cc2[nH]c1=O)OCCO3)C(=O)Nc1ccccc1F. The quantitative estimate of drug-likeness (QED) is 0.558. The summed E-state index contributed by atoms with van der Waals surface area (Å²) < 4.78 is 25.5. The molecule has 35 heavy (non-hydrogen) atoms. The maximum absolute atomic E-state index is 14.2. The van der Waals surface area contributed by atoms with E-state index in [1.165, 1.54) is 12.1 Å². The monoisotopic (exact) mass is 480 g/mol. The Hall–Kier alpha value is -3.59. The van der Waals surface area contributed by atoms with Crippen LogP contribution in [0, 0.1) is 5.82 Å². The fourth-order valence-corrected chi connectivity index (χ4v) is 4.86. The molecular formula is C26H29FN4O4. The molecule has 2 aromatic carbocycles. The van der Waals surface area contributed by atoms with Crippen LogP contribution in [0.2, 0.25) is 0 Å². The molecule has 2 aliphatic heterocycles. The van der Waals surface area contributed by atoms with Gasteiger partial charge >= 0.3 is 6.03 Å². The van der Waals surface area contributed by atoms with E-state index in [1.807, 2.05) is 6.07 Å². The minimum absolute atomic E-state index is 0.0913. The van der Waals surface area contributed by atoms with Gasteiger partial charge in [0.2, 0.25) is 0 Å². The lowest BCUT2D eigenvalue weighted by atomic mass is 10.1. The number of ether oxygens (including phenoxy) is 2. The Kier molecular flexibility index (Phi) is 6.59. The van der Waals surface area contributed by atoms with Crippen LogP contribution in [0.5, 0.6) is 11.5 Å². The number of aromatic amines is 1. The highest BCUT2D eigenvalue weighted by atomic mass is 19.1. The number of hydrogen-bond acceptors (Lipinski definition) is 5. The molecule has 0 spiro atoms. The van der Waals surface area contributed by atoms with Crippen molar-refractivity contribution in [3.05, 3.63) is 64.2 Å². The number of H-pyrrole nitrogens is 1. The summed E-state index contributed by atoms with van der Waals surface area (Å²) in [6, 6.07) is 11.2. The Morgan fingerprint density at radius 2 is 1.97 bits per heavy atom. The number of likely N-dealkylation sites (tertiary alicyclic amines) is 1. The van der Waals surface area contributed by atoms with Gasteiger partial charge in [0.1, 0.15) is 19.0 Å². The molecule has 1 fully saturated rings. The largest absolute Gasteiger partial charge is 0.486 e. The maximum Gasteiger partial charge on any atom is 0.322 e. The summed E-state index contributed by atoms with van der Waals surface area (Å²) in [4.78, 5) is 33.1. The average Bonchev–Trinajstić information content (AvgIpc) is 3.31. The van der Waals surface area contributed by atoms with Gasteiger partial charge in [-0.25, -0.2) is 9.18 Å². The second kappa shape index (κ2) is 9.95. The first-order valence-corrected chi connectivity index (χ1v) is 12.0. The normalized spacial score (nSPS) is 17.5. The summed E-state index contributed by atoms with van der Waals surface area (Å²) >= 11 is 0. The number of para-hydroxylation sites is 1. The number of likely N-dealkylation sites (N-methyl/N-ethyl adjacent to an activating group) is 1. The molecule has 3 aromatic rings. The molecule has 9 heteroatoms. The Morgan fingerprint density at radius 1 is 1.20 bits per heavy atom. The molecule has 2 N–H and O–H groups in total. The van der Waals surface area contributed by atoms with Gasteiger partial charge < -0.3 is 24.7 Å². The average molecular weight is 481 g/mol. The van der Waals surface area contributed by atoms with Gasteiger partial charge in [-0.1, -0.05) is 19.1 Å². The molecule has 0 aliphatic carbocycles. The van der Waals surface area contributed by atoms with Crippen LogP contribution >= 0.6 is 0 Å². The molecule has 2 amide bonds. The van der Waals surface area contributed by atoms with E-state index in [9.17, 15) is 14.0 Å². The predicted octanol–water partition coefficient (Wildman–Crippen LogP) is 3.96. The van der Waals surface area contributed by atoms with Crippen LogP contribution in [0.25, 0.3) is 10.9 Å². The van der Waals surface area contributed by atoms with E-state index >= 15 is 0 Å². The van der Waals surface area contributed by atoms with Crippen molar-refractivity contribution in [1.82, 2.24) is 14.8 Å². The second-order valence-electron chi connectivity index (χ2n) is 8.92. The fourth-order valence-electron chi connectivity index (χ4n) is 4.86. The molecule has 1 atom stereocenters. The van der Waals surface area contributed by atoms with E-state index in [0.717, 1.165) is 31.3 Å². The number of hydrogen-bond donors (Lipinski definition) is 2. The van der Waals surface area contributed by atoms with Gasteiger partial charge in [0.25, 0.3) is 5.56 Å². The number of nitrogens with zero attached hydrogens (tertiary/aromatic N) is 2. The Bertz CT molecular complexity index is 1290. The van der Waals surface area contributed by atoms with Crippen molar-refractivity contribution in [1.29, 1.82) is 0 Å². The zero-order chi connectivity index (χ0) is 24.4. The molecule has 5 rings (SSSR count). The molecule has 1 saturated heterocycles. The van der Waals surface area contributed by atoms with E-state index in [4.69, 9.17) is 9.47 Å². The summed E-state index contributed by atoms with van der Waals surface area (Å²) in [6.07, 6.45) is 2.03. The van der Waals surface area contributed by atoms with Crippen molar-refractivity contribution in [3.63, 3.8) is 0 Å². The van der Waals surface area contributed by atoms with Gasteiger partial charge in [0.05, 0.1) is 17.7 Å². The summed E-state index contributed by atoms with van der Waals surface area (Å²) in [7, 11) is 0. The number of carbonyl (C=O) groups excluding carboxylic acids is 1. The number of amides is 2. The number of anilines is 1. The summed E-state index contributed by atoms with van der Waals surface area (Å²) in [5, 5.41) is 3.47. The second-order valence-corrected chi connectivity index (χ2v) is 8.92. The van der Waals surface area contributed by atoms with Crippen molar-refractivity contribution in [2.45, 2.75) is 32.4 Å². The molecule has 2 aliphatic rings. The lowest BCUT2D eigenvalue weighted by Crippen LogP contribution is -2.45. The van der Waals surface area contributed by atoms with E-state index in [1.54, 1.807) is 29.2 Å². The molecule has 184 valence electrons. The first kappa shape index (κ1) is 23.2. The molecular weight excluding hydrogens is 451 g/mol. The molecule has 1 unspecified atom stereocenters. The molecule has 8 nitrogen and oxygen atoms in total. The third-order valence-electron chi connectivity index (χ3n) is 6.68. The minimum atomic E-state index is -0.507. The highest BCUT2D eigenvalue weighted by Gasteiger charge is 2.28. The minimum Gasteiger partial charge on any atom is -0.486 e. The van der Waals surface area contributed by atoms with Crippen LogP contribution < -0.4 is 20.3 Å². The van der Waals surface area contributed by atoms with Crippen molar-refractivity contribution in [2.24, 2.45) is 0 Å². The smallest absolute Gasteiger partial charge is 0.322 e. The van der Waals surface area contributed by atoms with E-state index < -0.39 is 11.8 Å². The van der Waals surface area contributed by atoms with Crippen LogP contribution in [0.4, 0.5) is 14.9 Å². The first-order valence-electron chi connectivity index (χ1n) is 12.0. The van der Waals surface area contributed by atoms with Gasteiger partial charge in [-0.05, 0) is 50.2 Å².